The second-order valence-corrected chi connectivity index (χ2v) is 7.41. The molecule has 2 aromatic carbocycles. The molecule has 0 radical (unpaired) electrons. The van der Waals surface area contributed by atoms with E-state index in [9.17, 15) is 23.3 Å². The molecule has 3 aromatic rings. The predicted molar refractivity (Wildman–Crippen MR) is 112 cm³/mol. The van der Waals surface area contributed by atoms with Crippen LogP contribution < -0.4 is 5.43 Å². The Kier molecular flexibility index (Phi) is 5.97. The van der Waals surface area contributed by atoms with Gasteiger partial charge in [0.2, 0.25) is 0 Å². The van der Waals surface area contributed by atoms with Gasteiger partial charge in [-0.05, 0) is 56.3 Å². The number of nitrogens with zero attached hydrogens (tertiary/aromatic N) is 3. The minimum Gasteiger partial charge on any atom is -0.318 e. The zero-order chi connectivity index (χ0) is 22.1. The summed E-state index contributed by atoms with van der Waals surface area (Å²) in [4.78, 5) is 10.3. The van der Waals surface area contributed by atoms with Crippen molar-refractivity contribution in [3.63, 3.8) is 0 Å². The maximum atomic E-state index is 12.8. The van der Waals surface area contributed by atoms with E-state index < -0.39 is 22.4 Å². The Morgan fingerprint density at radius 1 is 1.13 bits per heavy atom. The van der Waals surface area contributed by atoms with Gasteiger partial charge in [-0.2, -0.15) is 18.3 Å². The maximum absolute atomic E-state index is 12.8. The molecule has 0 aliphatic rings. The highest BCUT2D eigenvalue weighted by atomic mass is 79.9. The number of halogens is 4. The summed E-state index contributed by atoms with van der Waals surface area (Å²) >= 11 is 3.40. The molecule has 1 heterocycles. The highest BCUT2D eigenvalue weighted by Gasteiger charge is 2.33. The molecular formula is C20H16BrF3N4O2. The van der Waals surface area contributed by atoms with Gasteiger partial charge in [-0.15, -0.1) is 0 Å². The number of benzene rings is 2. The molecule has 0 spiro atoms. The van der Waals surface area contributed by atoms with Gasteiger partial charge < -0.3 is 4.57 Å². The number of hydrogen-bond acceptors (Lipinski definition) is 4. The Morgan fingerprint density at radius 3 is 2.40 bits per heavy atom. The molecule has 0 aliphatic carbocycles. The number of aromatic nitrogens is 1. The molecular weight excluding hydrogens is 465 g/mol. The van der Waals surface area contributed by atoms with E-state index in [1.165, 1.54) is 6.21 Å². The lowest BCUT2D eigenvalue weighted by molar-refractivity contribution is -0.384. The van der Waals surface area contributed by atoms with Gasteiger partial charge in [-0.3, -0.25) is 15.5 Å². The molecule has 1 N–H and O–H groups in total. The van der Waals surface area contributed by atoms with Crippen LogP contribution in [0, 0.1) is 24.0 Å². The lowest BCUT2D eigenvalue weighted by atomic mass is 10.1. The van der Waals surface area contributed by atoms with E-state index in [1.54, 1.807) is 0 Å². The molecule has 0 bridgehead atoms. The van der Waals surface area contributed by atoms with Crippen molar-refractivity contribution >= 4 is 33.5 Å². The monoisotopic (exact) mass is 480 g/mol. The molecule has 0 fully saturated rings. The number of rotatable bonds is 5. The van der Waals surface area contributed by atoms with Crippen molar-refractivity contribution in [2.75, 3.05) is 5.43 Å². The Labute approximate surface area is 178 Å². The van der Waals surface area contributed by atoms with Crippen molar-refractivity contribution in [3.05, 3.63) is 85.6 Å². The van der Waals surface area contributed by atoms with Gasteiger partial charge in [-0.25, -0.2) is 0 Å². The molecule has 3 rings (SSSR count). The van der Waals surface area contributed by atoms with E-state index in [1.807, 2.05) is 48.7 Å². The van der Waals surface area contributed by atoms with Crippen LogP contribution in [0.2, 0.25) is 0 Å². The third-order valence-corrected chi connectivity index (χ3v) is 4.99. The van der Waals surface area contributed by atoms with Crippen molar-refractivity contribution in [1.29, 1.82) is 0 Å². The smallest absolute Gasteiger partial charge is 0.318 e. The van der Waals surface area contributed by atoms with Crippen LogP contribution in [0.15, 0.2) is 58.1 Å². The number of nitro benzene ring substituents is 1. The Balaban J connectivity index is 1.87. The van der Waals surface area contributed by atoms with E-state index in [-0.39, 0.29) is 5.69 Å². The van der Waals surface area contributed by atoms with Crippen LogP contribution in [0.4, 0.5) is 24.5 Å². The van der Waals surface area contributed by atoms with E-state index in [0.29, 0.717) is 6.07 Å². The fraction of sp³-hybridized carbons (Fsp3) is 0.150. The summed E-state index contributed by atoms with van der Waals surface area (Å²) in [5.74, 6) is 0. The molecule has 6 nitrogen and oxygen atoms in total. The van der Waals surface area contributed by atoms with Gasteiger partial charge >= 0.3 is 6.18 Å². The molecule has 0 atom stereocenters. The van der Waals surface area contributed by atoms with E-state index in [0.717, 1.165) is 39.2 Å². The van der Waals surface area contributed by atoms with Crippen LogP contribution in [-0.4, -0.2) is 15.7 Å². The molecule has 0 saturated heterocycles. The zero-order valence-electron chi connectivity index (χ0n) is 15.9. The molecule has 0 saturated carbocycles. The fourth-order valence-corrected chi connectivity index (χ4v) is 3.30. The highest BCUT2D eigenvalue weighted by molar-refractivity contribution is 9.10. The normalized spacial score (nSPS) is 11.8. The minimum absolute atomic E-state index is 0.133. The summed E-state index contributed by atoms with van der Waals surface area (Å²) in [5, 5.41) is 15.1. The van der Waals surface area contributed by atoms with Crippen LogP contribution in [0.1, 0.15) is 22.5 Å². The Hall–Kier alpha value is -3.14. The van der Waals surface area contributed by atoms with Crippen molar-refractivity contribution < 1.29 is 18.1 Å². The van der Waals surface area contributed by atoms with Gasteiger partial charge in [0, 0.05) is 33.2 Å². The van der Waals surface area contributed by atoms with Gasteiger partial charge in [0.15, 0.2) is 0 Å². The average molecular weight is 481 g/mol. The molecule has 30 heavy (non-hydrogen) atoms. The Bertz CT molecular complexity index is 1120. The first-order chi connectivity index (χ1) is 14.1. The predicted octanol–water partition coefficient (Wildman–Crippen LogP) is 6.23. The third kappa shape index (κ3) is 4.54. The lowest BCUT2D eigenvalue weighted by Gasteiger charge is -2.09. The Morgan fingerprint density at radius 2 is 1.80 bits per heavy atom. The molecule has 0 unspecified atom stereocenters. The molecule has 0 aliphatic heterocycles. The van der Waals surface area contributed by atoms with Crippen LogP contribution in [0.5, 0.6) is 0 Å². The van der Waals surface area contributed by atoms with E-state index in [4.69, 9.17) is 0 Å². The summed E-state index contributed by atoms with van der Waals surface area (Å²) in [6.07, 6.45) is -3.20. The second-order valence-electron chi connectivity index (χ2n) is 6.50. The summed E-state index contributed by atoms with van der Waals surface area (Å²) in [7, 11) is 0. The first-order valence-corrected chi connectivity index (χ1v) is 9.47. The number of alkyl halides is 3. The number of anilines is 1. The fourth-order valence-electron chi connectivity index (χ4n) is 3.03. The van der Waals surface area contributed by atoms with Gasteiger partial charge in [0.05, 0.1) is 16.7 Å². The largest absolute Gasteiger partial charge is 0.416 e. The number of hydrogen-bond donors (Lipinski definition) is 1. The number of nitro groups is 1. The number of nitrogens with one attached hydrogen (secondary N) is 1. The minimum atomic E-state index is -4.67. The molecule has 1 aromatic heterocycles. The summed E-state index contributed by atoms with van der Waals surface area (Å²) in [5.41, 5.74) is 4.10. The van der Waals surface area contributed by atoms with Crippen LogP contribution >= 0.6 is 15.9 Å². The molecule has 10 heteroatoms. The van der Waals surface area contributed by atoms with Crippen LogP contribution in [0.3, 0.4) is 0 Å². The van der Waals surface area contributed by atoms with Crippen molar-refractivity contribution in [3.8, 4) is 5.69 Å². The van der Waals surface area contributed by atoms with Crippen LogP contribution in [0.25, 0.3) is 5.69 Å². The van der Waals surface area contributed by atoms with Crippen LogP contribution in [-0.2, 0) is 6.18 Å². The maximum Gasteiger partial charge on any atom is 0.416 e. The summed E-state index contributed by atoms with van der Waals surface area (Å²) in [6, 6.07) is 11.9. The highest BCUT2D eigenvalue weighted by Crippen LogP contribution is 2.35. The van der Waals surface area contributed by atoms with Gasteiger partial charge in [-0.1, -0.05) is 15.9 Å². The van der Waals surface area contributed by atoms with Crippen molar-refractivity contribution in [2.45, 2.75) is 20.0 Å². The number of hydrazone groups is 1. The topological polar surface area (TPSA) is 72.5 Å². The molecule has 156 valence electrons. The quantitative estimate of drug-likeness (QED) is 0.267. The average Bonchev–Trinajstić information content (AvgIpc) is 2.95. The van der Waals surface area contributed by atoms with E-state index >= 15 is 0 Å². The third-order valence-electron chi connectivity index (χ3n) is 4.47. The van der Waals surface area contributed by atoms with Crippen molar-refractivity contribution in [1.82, 2.24) is 4.57 Å². The zero-order valence-corrected chi connectivity index (χ0v) is 17.5. The summed E-state index contributed by atoms with van der Waals surface area (Å²) < 4.78 is 41.4. The van der Waals surface area contributed by atoms with E-state index in [2.05, 4.69) is 26.5 Å². The standard InChI is InChI=1S/C20H16BrF3N4O2/c1-12-9-14(13(2)27(12)17-6-4-16(21)5-7-17)11-25-26-18-8-3-15(20(22,23)24)10-19(18)28(29)30/h3-11,26H,1-2H3/b25-11+. The lowest BCUT2D eigenvalue weighted by Crippen LogP contribution is -2.06. The first kappa shape index (κ1) is 21.6. The molecule has 0 amide bonds. The summed E-state index contributed by atoms with van der Waals surface area (Å²) in [6.45, 7) is 3.83. The van der Waals surface area contributed by atoms with Crippen molar-refractivity contribution in [2.24, 2.45) is 5.10 Å². The first-order valence-electron chi connectivity index (χ1n) is 8.67. The second kappa shape index (κ2) is 8.31. The number of aryl methyl sites for hydroxylation is 1. The van der Waals surface area contributed by atoms with Gasteiger partial charge in [0.25, 0.3) is 5.69 Å². The SMILES string of the molecule is Cc1cc(/C=N/Nc2ccc(C(F)(F)F)cc2[N+](=O)[O-])c(C)n1-c1ccc(Br)cc1. The van der Waals surface area contributed by atoms with Gasteiger partial charge in [0.1, 0.15) is 5.69 Å².